The lowest BCUT2D eigenvalue weighted by atomic mass is 9.91. The number of aromatic amines is 1. The number of carbonyl (C=O) groups excluding carboxylic acids is 2. The van der Waals surface area contributed by atoms with Gasteiger partial charge in [-0.15, -0.1) is 0 Å². The number of ketones is 1. The number of halogens is 2. The van der Waals surface area contributed by atoms with Crippen LogP contribution < -0.4 is 5.11 Å². The van der Waals surface area contributed by atoms with E-state index in [1.165, 1.54) is 6.20 Å². The molecule has 3 rings (SSSR count). The van der Waals surface area contributed by atoms with Gasteiger partial charge in [0.15, 0.2) is 5.78 Å². The highest BCUT2D eigenvalue weighted by Gasteiger charge is 2.23. The van der Waals surface area contributed by atoms with Gasteiger partial charge in [0, 0.05) is 41.5 Å². The zero-order valence-corrected chi connectivity index (χ0v) is 12.4. The molecule has 6 heteroatoms. The quantitative estimate of drug-likeness (QED) is 0.732. The van der Waals surface area contributed by atoms with Crippen molar-refractivity contribution in [3.05, 3.63) is 71.4 Å². The van der Waals surface area contributed by atoms with Crippen LogP contribution in [0.2, 0.25) is 0 Å². The predicted molar refractivity (Wildman–Crippen MR) is 81.4 cm³/mol. The van der Waals surface area contributed by atoms with E-state index in [0.717, 1.165) is 17.6 Å². The first-order chi connectivity index (χ1) is 11.5. The van der Waals surface area contributed by atoms with E-state index in [1.54, 1.807) is 24.3 Å². The first-order valence-electron chi connectivity index (χ1n) is 7.22. The highest BCUT2D eigenvalue weighted by molar-refractivity contribution is 6.00. The van der Waals surface area contributed by atoms with Crippen LogP contribution in [-0.4, -0.2) is 16.7 Å². The van der Waals surface area contributed by atoms with E-state index >= 15 is 0 Å². The number of Topliss-reactive ketones (excluding diaryl/α,β-unsaturated/α-hetero) is 1. The van der Waals surface area contributed by atoms with Crippen LogP contribution in [0.25, 0.3) is 10.9 Å². The smallest absolute Gasteiger partial charge is 0.166 e. The second kappa shape index (κ2) is 6.23. The molecule has 0 aliphatic heterocycles. The molecule has 0 spiro atoms. The van der Waals surface area contributed by atoms with Crippen LogP contribution in [0.4, 0.5) is 8.78 Å². The number of H-pyrrole nitrogens is 1. The second-order valence-corrected chi connectivity index (χ2v) is 5.41. The van der Waals surface area contributed by atoms with Crippen molar-refractivity contribution in [1.82, 2.24) is 4.98 Å². The number of rotatable bonds is 5. The molecular weight excluding hydrogens is 316 g/mol. The van der Waals surface area contributed by atoms with Crippen LogP contribution in [0.15, 0.2) is 48.7 Å². The first-order valence-corrected chi connectivity index (χ1v) is 7.22. The Kier molecular flexibility index (Phi) is 4.12. The number of nitrogens with one attached hydrogen (secondary N) is 1. The third-order valence-corrected chi connectivity index (χ3v) is 3.90. The molecule has 0 unspecified atom stereocenters. The Labute approximate surface area is 135 Å². The van der Waals surface area contributed by atoms with Gasteiger partial charge in [0.1, 0.15) is 11.6 Å². The van der Waals surface area contributed by atoms with Gasteiger partial charge in [-0.05, 0) is 23.8 Å². The molecule has 4 nitrogen and oxygen atoms in total. The molecule has 0 radical (unpaired) electrons. The van der Waals surface area contributed by atoms with Crippen LogP contribution in [0.3, 0.4) is 0 Å². The monoisotopic (exact) mass is 328 g/mol. The maximum Gasteiger partial charge on any atom is 0.166 e. The van der Waals surface area contributed by atoms with Gasteiger partial charge in [0.05, 0.1) is 5.56 Å². The topological polar surface area (TPSA) is 73.0 Å². The summed E-state index contributed by atoms with van der Waals surface area (Å²) in [6, 6.07) is 9.58. The Bertz CT molecular complexity index is 933. The summed E-state index contributed by atoms with van der Waals surface area (Å²) in [4.78, 5) is 26.7. The van der Waals surface area contributed by atoms with Crippen molar-refractivity contribution in [3.63, 3.8) is 0 Å². The summed E-state index contributed by atoms with van der Waals surface area (Å²) in [6.45, 7) is 0. The molecule has 1 aromatic heterocycles. The van der Waals surface area contributed by atoms with Crippen LogP contribution in [0, 0.1) is 11.6 Å². The third kappa shape index (κ3) is 2.90. The summed E-state index contributed by atoms with van der Waals surface area (Å²) in [5.41, 5.74) is 0.767. The maximum absolute atomic E-state index is 13.7. The number of fused-ring (bicyclic) bond motifs is 1. The highest BCUT2D eigenvalue weighted by Crippen LogP contribution is 2.29. The molecule has 0 saturated heterocycles. The van der Waals surface area contributed by atoms with Crippen LogP contribution in [-0.2, 0) is 4.79 Å². The van der Waals surface area contributed by atoms with Gasteiger partial charge >= 0.3 is 0 Å². The normalized spacial score (nSPS) is 12.2. The number of aromatic nitrogens is 1. The maximum atomic E-state index is 13.7. The number of carboxylic acids is 1. The lowest BCUT2D eigenvalue weighted by Gasteiger charge is -2.17. The van der Waals surface area contributed by atoms with E-state index in [4.69, 9.17) is 0 Å². The molecule has 1 heterocycles. The number of hydrogen-bond donors (Lipinski definition) is 1. The van der Waals surface area contributed by atoms with E-state index in [1.807, 2.05) is 0 Å². The second-order valence-electron chi connectivity index (χ2n) is 5.41. The Morgan fingerprint density at radius 2 is 1.88 bits per heavy atom. The van der Waals surface area contributed by atoms with Gasteiger partial charge in [-0.3, -0.25) is 4.79 Å². The first kappa shape index (κ1) is 15.9. The lowest BCUT2D eigenvalue weighted by molar-refractivity contribution is -0.307. The molecule has 122 valence electrons. The molecule has 24 heavy (non-hydrogen) atoms. The third-order valence-electron chi connectivity index (χ3n) is 3.90. The zero-order chi connectivity index (χ0) is 17.3. The molecule has 2 aromatic carbocycles. The zero-order valence-electron chi connectivity index (χ0n) is 12.4. The van der Waals surface area contributed by atoms with Gasteiger partial charge in [-0.1, -0.05) is 18.2 Å². The summed E-state index contributed by atoms with van der Waals surface area (Å²) < 4.78 is 26.7. The fraction of sp³-hybridized carbons (Fsp3) is 0.111. The molecule has 0 saturated carbocycles. The van der Waals surface area contributed by atoms with Gasteiger partial charge in [0.2, 0.25) is 0 Å². The standard InChI is InChI=1S/C18H13F2NO3/c19-10-5-6-12(15(20)7-10)17(22)8-13(18(23)24)14-9-21-16-4-2-1-3-11(14)16/h1-7,9,13,21H,8H2,(H,23,24)/p-1/t13-/m1/s1. The largest absolute Gasteiger partial charge is 0.549 e. The van der Waals surface area contributed by atoms with Crippen molar-refractivity contribution >= 4 is 22.7 Å². The SMILES string of the molecule is O=C(C[C@@H](C(=O)[O-])c1c[nH]c2ccccc12)c1ccc(F)cc1F. The molecule has 0 aliphatic carbocycles. The minimum Gasteiger partial charge on any atom is -0.549 e. The predicted octanol–water partition coefficient (Wildman–Crippen LogP) is 2.55. The average Bonchev–Trinajstić information content (AvgIpc) is 2.96. The fourth-order valence-electron chi connectivity index (χ4n) is 2.71. The molecule has 3 aromatic rings. The molecule has 0 aliphatic rings. The highest BCUT2D eigenvalue weighted by atomic mass is 19.1. The molecule has 1 N–H and O–H groups in total. The van der Waals surface area contributed by atoms with Crippen LogP contribution in [0.5, 0.6) is 0 Å². The number of benzene rings is 2. The Hall–Kier alpha value is -3.02. The average molecular weight is 328 g/mol. The van der Waals surface area contributed by atoms with E-state index in [-0.39, 0.29) is 5.56 Å². The van der Waals surface area contributed by atoms with Crippen LogP contribution in [0.1, 0.15) is 28.3 Å². The van der Waals surface area contributed by atoms with Crippen molar-refractivity contribution in [2.24, 2.45) is 0 Å². The van der Waals surface area contributed by atoms with Crippen LogP contribution >= 0.6 is 0 Å². The lowest BCUT2D eigenvalue weighted by Crippen LogP contribution is -2.31. The number of hydrogen-bond acceptors (Lipinski definition) is 3. The van der Waals surface area contributed by atoms with Gasteiger partial charge in [0.25, 0.3) is 0 Å². The van der Waals surface area contributed by atoms with Crippen molar-refractivity contribution in [3.8, 4) is 0 Å². The summed E-state index contributed by atoms with van der Waals surface area (Å²) in [6.07, 6.45) is 1.02. The van der Waals surface area contributed by atoms with Gasteiger partial charge in [-0.2, -0.15) is 0 Å². The van der Waals surface area contributed by atoms with Gasteiger partial charge in [-0.25, -0.2) is 8.78 Å². The van der Waals surface area contributed by atoms with E-state index < -0.39 is 35.7 Å². The van der Waals surface area contributed by atoms with E-state index in [0.29, 0.717) is 17.0 Å². The molecule has 0 fully saturated rings. The Morgan fingerprint density at radius 3 is 2.58 bits per heavy atom. The Balaban J connectivity index is 1.95. The molecule has 0 amide bonds. The number of aliphatic carboxylic acids is 1. The minimum absolute atomic E-state index is 0.345. The summed E-state index contributed by atoms with van der Waals surface area (Å²) in [7, 11) is 0. The van der Waals surface area contributed by atoms with Crippen molar-refractivity contribution in [1.29, 1.82) is 0 Å². The van der Waals surface area contributed by atoms with E-state index in [9.17, 15) is 23.5 Å². The number of para-hydroxylation sites is 1. The minimum atomic E-state index is -1.43. The molecule has 0 bridgehead atoms. The molecular formula is C18H12F2NO3-. The summed E-state index contributed by atoms with van der Waals surface area (Å²) in [5.74, 6) is -5.23. The van der Waals surface area contributed by atoms with Crippen molar-refractivity contribution in [2.45, 2.75) is 12.3 Å². The van der Waals surface area contributed by atoms with E-state index in [2.05, 4.69) is 4.98 Å². The Morgan fingerprint density at radius 1 is 1.12 bits per heavy atom. The van der Waals surface area contributed by atoms with Gasteiger partial charge < -0.3 is 14.9 Å². The number of carboxylic acid groups (broad SMARTS) is 1. The number of carbonyl (C=O) groups is 2. The summed E-state index contributed by atoms with van der Waals surface area (Å²) >= 11 is 0. The van der Waals surface area contributed by atoms with Crippen molar-refractivity contribution < 1.29 is 23.5 Å². The van der Waals surface area contributed by atoms with Crippen molar-refractivity contribution in [2.75, 3.05) is 0 Å². The summed E-state index contributed by atoms with van der Waals surface area (Å²) in [5, 5.41) is 12.2. The fourth-order valence-corrected chi connectivity index (χ4v) is 2.71. The molecule has 1 atom stereocenters.